The van der Waals surface area contributed by atoms with Crippen molar-refractivity contribution in [3.8, 4) is 0 Å². The van der Waals surface area contributed by atoms with Crippen molar-refractivity contribution in [2.24, 2.45) is 5.73 Å². The molecule has 12 heteroatoms. The highest BCUT2D eigenvalue weighted by atomic mass is 35.5. The monoisotopic (exact) mass is 437 g/mol. The second-order valence-electron chi connectivity index (χ2n) is 7.59. The number of carbonyl (C=O) groups excluding carboxylic acids is 1. The van der Waals surface area contributed by atoms with E-state index < -0.39 is 12.3 Å². The van der Waals surface area contributed by atoms with Crippen LogP contribution in [0, 0.1) is 5.82 Å². The Morgan fingerprint density at radius 1 is 1.33 bits per heavy atom. The molecule has 4 N–H and O–H groups in total. The van der Waals surface area contributed by atoms with Crippen LogP contribution in [0.1, 0.15) is 35.7 Å². The summed E-state index contributed by atoms with van der Waals surface area (Å²) in [6.45, 7) is 0.970. The molecule has 3 aliphatic heterocycles. The molecule has 5 rings (SSSR count). The highest BCUT2D eigenvalue weighted by Crippen LogP contribution is 2.37. The molecule has 3 saturated heterocycles. The standard InChI is InChI=1S/C18H21ClFN7O3/c19-12-6-22-27-15(12)17(28)26(18(21)24-27)7-14-23-16(25-30-14)10-5-13(29-8-10)9-1-3-11(20)4-2-9/h1-4,10,12-13,15,18,22,24H,5-8,21H2/t10-,12?,13+,15?,18?/m0/s1. The van der Waals surface area contributed by atoms with E-state index in [0.29, 0.717) is 25.4 Å². The zero-order chi connectivity index (χ0) is 20.8. The molecule has 3 aliphatic rings. The summed E-state index contributed by atoms with van der Waals surface area (Å²) in [5.74, 6) is 0.245. The lowest BCUT2D eigenvalue weighted by atomic mass is 10.00. The molecule has 0 aliphatic carbocycles. The quantitative estimate of drug-likeness (QED) is 0.581. The lowest BCUT2D eigenvalue weighted by Gasteiger charge is -2.41. The van der Waals surface area contributed by atoms with E-state index in [1.54, 1.807) is 17.3 Å². The average molecular weight is 438 g/mol. The van der Waals surface area contributed by atoms with Gasteiger partial charge in [0.2, 0.25) is 11.8 Å². The molecule has 1 amide bonds. The lowest BCUT2D eigenvalue weighted by Crippen LogP contribution is -2.71. The molecule has 3 fully saturated rings. The zero-order valence-electron chi connectivity index (χ0n) is 15.9. The molecular formula is C18H21ClFN7O3. The lowest BCUT2D eigenvalue weighted by molar-refractivity contribution is -0.154. The summed E-state index contributed by atoms with van der Waals surface area (Å²) in [7, 11) is 0. The van der Waals surface area contributed by atoms with Gasteiger partial charge in [0, 0.05) is 12.5 Å². The molecule has 1 aromatic heterocycles. The van der Waals surface area contributed by atoms with Crippen molar-refractivity contribution in [3.63, 3.8) is 0 Å². The normalized spacial score (nSPS) is 32.0. The second-order valence-corrected chi connectivity index (χ2v) is 8.15. The van der Waals surface area contributed by atoms with Gasteiger partial charge in [0.25, 0.3) is 0 Å². The SMILES string of the molecule is NC1NN2NCC(Cl)C2C(=O)N1Cc1nc([C@@H]2CO[C@@H](c3ccc(F)cc3)C2)no1. The van der Waals surface area contributed by atoms with E-state index in [1.807, 2.05) is 0 Å². The predicted molar refractivity (Wildman–Crippen MR) is 102 cm³/mol. The maximum atomic E-state index is 13.1. The van der Waals surface area contributed by atoms with Crippen LogP contribution in [-0.4, -0.2) is 56.9 Å². The van der Waals surface area contributed by atoms with Crippen LogP contribution in [-0.2, 0) is 16.1 Å². The Morgan fingerprint density at radius 2 is 2.13 bits per heavy atom. The van der Waals surface area contributed by atoms with Gasteiger partial charge in [0.05, 0.1) is 18.1 Å². The van der Waals surface area contributed by atoms with Crippen LogP contribution in [0.15, 0.2) is 28.8 Å². The number of hydrogen-bond donors (Lipinski definition) is 3. The van der Waals surface area contributed by atoms with Gasteiger partial charge < -0.3 is 14.2 Å². The van der Waals surface area contributed by atoms with Gasteiger partial charge in [-0.3, -0.25) is 10.5 Å². The van der Waals surface area contributed by atoms with Crippen molar-refractivity contribution in [3.05, 3.63) is 47.4 Å². The first-order valence-corrected chi connectivity index (χ1v) is 10.1. The van der Waals surface area contributed by atoms with Gasteiger partial charge in [-0.05, 0) is 24.1 Å². The van der Waals surface area contributed by atoms with Gasteiger partial charge >= 0.3 is 0 Å². The number of aromatic nitrogens is 2. The van der Waals surface area contributed by atoms with Crippen molar-refractivity contribution >= 4 is 17.5 Å². The molecular weight excluding hydrogens is 417 g/mol. The molecule has 1 aromatic carbocycles. The molecule has 0 radical (unpaired) electrons. The molecule has 5 atom stereocenters. The van der Waals surface area contributed by atoms with Crippen LogP contribution >= 0.6 is 11.6 Å². The molecule has 0 spiro atoms. The molecule has 10 nitrogen and oxygen atoms in total. The van der Waals surface area contributed by atoms with E-state index in [9.17, 15) is 9.18 Å². The molecule has 4 heterocycles. The highest BCUT2D eigenvalue weighted by molar-refractivity contribution is 6.23. The van der Waals surface area contributed by atoms with E-state index >= 15 is 0 Å². The summed E-state index contributed by atoms with van der Waals surface area (Å²) in [4.78, 5) is 18.7. The highest BCUT2D eigenvalue weighted by Gasteiger charge is 2.47. The third kappa shape index (κ3) is 3.57. The number of hydrazine groups is 2. The number of amides is 1. The smallest absolute Gasteiger partial charge is 0.247 e. The fraction of sp³-hybridized carbons (Fsp3) is 0.500. The number of rotatable bonds is 4. The number of benzene rings is 1. The second kappa shape index (κ2) is 7.84. The molecule has 2 aromatic rings. The topological polar surface area (TPSA) is 122 Å². The van der Waals surface area contributed by atoms with Crippen LogP contribution in [0.4, 0.5) is 4.39 Å². The van der Waals surface area contributed by atoms with E-state index in [2.05, 4.69) is 21.0 Å². The Hall–Kier alpha value is -2.15. The molecule has 0 saturated carbocycles. The number of nitrogens with zero attached hydrogens (tertiary/aromatic N) is 4. The molecule has 160 valence electrons. The van der Waals surface area contributed by atoms with E-state index in [4.69, 9.17) is 26.6 Å². The number of carbonyl (C=O) groups is 1. The Bertz CT molecular complexity index is 929. The van der Waals surface area contributed by atoms with Gasteiger partial charge in [-0.2, -0.15) is 10.1 Å². The Morgan fingerprint density at radius 3 is 2.93 bits per heavy atom. The number of ether oxygens (including phenoxy) is 1. The number of alkyl halides is 1. The van der Waals surface area contributed by atoms with Gasteiger partial charge in [-0.1, -0.05) is 17.3 Å². The van der Waals surface area contributed by atoms with Crippen LogP contribution in [0.5, 0.6) is 0 Å². The maximum absolute atomic E-state index is 13.1. The molecule has 3 unspecified atom stereocenters. The first kappa shape index (κ1) is 19.8. The summed E-state index contributed by atoms with van der Waals surface area (Å²) in [6.07, 6.45) is -0.248. The van der Waals surface area contributed by atoms with Crippen molar-refractivity contribution in [1.29, 1.82) is 0 Å². The fourth-order valence-electron chi connectivity index (χ4n) is 4.00. The van der Waals surface area contributed by atoms with Crippen LogP contribution in [0.3, 0.4) is 0 Å². The maximum Gasteiger partial charge on any atom is 0.247 e. The zero-order valence-corrected chi connectivity index (χ0v) is 16.6. The van der Waals surface area contributed by atoms with Crippen molar-refractivity contribution in [2.45, 2.75) is 42.7 Å². The van der Waals surface area contributed by atoms with Crippen molar-refractivity contribution in [1.82, 2.24) is 31.0 Å². The Kier molecular flexibility index (Phi) is 5.17. The van der Waals surface area contributed by atoms with Crippen LogP contribution < -0.4 is 16.6 Å². The number of hydrogen-bond acceptors (Lipinski definition) is 9. The third-order valence-electron chi connectivity index (χ3n) is 5.61. The average Bonchev–Trinajstić information content (AvgIpc) is 3.46. The van der Waals surface area contributed by atoms with E-state index in [0.717, 1.165) is 5.56 Å². The van der Waals surface area contributed by atoms with Gasteiger partial charge in [-0.25, -0.2) is 15.2 Å². The fourth-order valence-corrected chi connectivity index (χ4v) is 4.29. The minimum absolute atomic E-state index is 0.0526. The summed E-state index contributed by atoms with van der Waals surface area (Å²) in [6, 6.07) is 5.70. The van der Waals surface area contributed by atoms with E-state index in [1.165, 1.54) is 17.0 Å². The Balaban J connectivity index is 1.25. The number of fused-ring (bicyclic) bond motifs is 1. The van der Waals surface area contributed by atoms with E-state index in [-0.39, 0.29) is 41.6 Å². The van der Waals surface area contributed by atoms with Crippen LogP contribution in [0.2, 0.25) is 0 Å². The Labute approximate surface area is 176 Å². The summed E-state index contributed by atoms with van der Waals surface area (Å²) in [5, 5.41) is 5.23. The summed E-state index contributed by atoms with van der Waals surface area (Å²) in [5.41, 5.74) is 13.0. The summed E-state index contributed by atoms with van der Waals surface area (Å²) >= 11 is 6.24. The molecule has 30 heavy (non-hydrogen) atoms. The van der Waals surface area contributed by atoms with Gasteiger partial charge in [0.15, 0.2) is 5.82 Å². The van der Waals surface area contributed by atoms with Crippen molar-refractivity contribution in [2.75, 3.05) is 13.2 Å². The van der Waals surface area contributed by atoms with Crippen LogP contribution in [0.25, 0.3) is 0 Å². The predicted octanol–water partition coefficient (Wildman–Crippen LogP) is 0.339. The van der Waals surface area contributed by atoms with Crippen molar-refractivity contribution < 1.29 is 18.4 Å². The first-order valence-electron chi connectivity index (χ1n) is 9.68. The summed E-state index contributed by atoms with van der Waals surface area (Å²) < 4.78 is 24.3. The number of nitrogens with two attached hydrogens (primary N) is 1. The van der Waals surface area contributed by atoms with Gasteiger partial charge in [-0.15, -0.1) is 11.6 Å². The minimum Gasteiger partial charge on any atom is -0.373 e. The third-order valence-corrected chi connectivity index (χ3v) is 6.01. The first-order chi connectivity index (χ1) is 14.5. The minimum atomic E-state index is -0.753. The number of halogens is 2. The number of nitrogens with one attached hydrogen (secondary N) is 2. The largest absolute Gasteiger partial charge is 0.373 e. The van der Waals surface area contributed by atoms with Gasteiger partial charge in [0.1, 0.15) is 24.7 Å². The molecule has 0 bridgehead atoms.